The van der Waals surface area contributed by atoms with E-state index in [0.717, 1.165) is 12.0 Å². The van der Waals surface area contributed by atoms with Gasteiger partial charge in [0, 0.05) is 12.6 Å². The molecule has 12 heavy (non-hydrogen) atoms. The number of likely N-dealkylation sites (N-methyl/N-ethyl adjacent to an activating group) is 1. The van der Waals surface area contributed by atoms with Crippen LogP contribution in [0.1, 0.15) is 12.8 Å². The number of hydrogen-bond acceptors (Lipinski definition) is 2. The van der Waals surface area contributed by atoms with E-state index < -0.39 is 0 Å². The van der Waals surface area contributed by atoms with E-state index in [2.05, 4.69) is 17.3 Å². The maximum atomic E-state index is 3.39. The SMILES string of the molecule is CN[C@H]1CN2CCC1CC2.Cl.Cl. The smallest absolute Gasteiger partial charge is 0.0221 e. The molecule has 2 nitrogen and oxygen atoms in total. The van der Waals surface area contributed by atoms with Crippen molar-refractivity contribution >= 4 is 24.8 Å². The Bertz CT molecular complexity index is 124. The third kappa shape index (κ3) is 2.25. The molecule has 0 aromatic carbocycles. The maximum absolute atomic E-state index is 3.39. The highest BCUT2D eigenvalue weighted by Crippen LogP contribution is 2.26. The third-order valence-corrected chi connectivity index (χ3v) is 3.03. The first-order chi connectivity index (χ1) is 4.90. The lowest BCUT2D eigenvalue weighted by atomic mass is 9.84. The summed E-state index contributed by atoms with van der Waals surface area (Å²) >= 11 is 0. The van der Waals surface area contributed by atoms with Gasteiger partial charge >= 0.3 is 0 Å². The Labute approximate surface area is 86.9 Å². The Kier molecular flexibility index (Phi) is 5.50. The van der Waals surface area contributed by atoms with E-state index in [1.165, 1.54) is 32.5 Å². The van der Waals surface area contributed by atoms with Crippen LogP contribution in [0.2, 0.25) is 0 Å². The highest BCUT2D eigenvalue weighted by molar-refractivity contribution is 5.85. The molecule has 2 bridgehead atoms. The molecule has 0 saturated carbocycles. The molecule has 3 aliphatic heterocycles. The minimum atomic E-state index is 0. The van der Waals surface area contributed by atoms with Gasteiger partial charge in [-0.15, -0.1) is 24.8 Å². The average Bonchev–Trinajstić information content (AvgIpc) is 2.06. The van der Waals surface area contributed by atoms with E-state index in [1.807, 2.05) is 0 Å². The summed E-state index contributed by atoms with van der Waals surface area (Å²) in [7, 11) is 2.09. The first-order valence-corrected chi connectivity index (χ1v) is 4.30. The zero-order chi connectivity index (χ0) is 6.97. The van der Waals surface area contributed by atoms with Crippen LogP contribution < -0.4 is 5.32 Å². The zero-order valence-electron chi connectivity index (χ0n) is 7.45. The summed E-state index contributed by atoms with van der Waals surface area (Å²) in [6, 6.07) is 0.794. The number of rotatable bonds is 1. The number of halogens is 2. The van der Waals surface area contributed by atoms with Crippen LogP contribution in [0.3, 0.4) is 0 Å². The summed E-state index contributed by atoms with van der Waals surface area (Å²) in [6.45, 7) is 3.99. The molecule has 0 unspecified atom stereocenters. The second-order valence-electron chi connectivity index (χ2n) is 3.53. The van der Waals surface area contributed by atoms with Crippen molar-refractivity contribution in [2.45, 2.75) is 18.9 Å². The largest absolute Gasteiger partial charge is 0.315 e. The Hall–Kier alpha value is 0.500. The van der Waals surface area contributed by atoms with E-state index in [1.54, 1.807) is 0 Å². The van der Waals surface area contributed by atoms with Gasteiger partial charge in [0.15, 0.2) is 0 Å². The van der Waals surface area contributed by atoms with Crippen molar-refractivity contribution in [3.8, 4) is 0 Å². The lowest BCUT2D eigenvalue weighted by Gasteiger charge is -2.44. The predicted octanol–water partition coefficient (Wildman–Crippen LogP) is 1.14. The Morgan fingerprint density at radius 2 is 1.75 bits per heavy atom. The molecule has 1 atom stereocenters. The van der Waals surface area contributed by atoms with Gasteiger partial charge in [0.2, 0.25) is 0 Å². The summed E-state index contributed by atoms with van der Waals surface area (Å²) in [5.74, 6) is 0.981. The molecule has 0 radical (unpaired) electrons. The molecule has 74 valence electrons. The number of piperidine rings is 3. The van der Waals surface area contributed by atoms with Crippen LogP contribution in [0.4, 0.5) is 0 Å². The normalized spacial score (nSPS) is 38.2. The molecule has 3 saturated heterocycles. The lowest BCUT2D eigenvalue weighted by molar-refractivity contribution is 0.0764. The quantitative estimate of drug-likeness (QED) is 0.702. The highest BCUT2D eigenvalue weighted by Gasteiger charge is 2.32. The van der Waals surface area contributed by atoms with Gasteiger partial charge in [-0.1, -0.05) is 0 Å². The van der Waals surface area contributed by atoms with Crippen LogP contribution in [-0.2, 0) is 0 Å². The highest BCUT2D eigenvalue weighted by atomic mass is 35.5. The van der Waals surface area contributed by atoms with Gasteiger partial charge in [-0.05, 0) is 38.9 Å². The minimum Gasteiger partial charge on any atom is -0.315 e. The number of hydrogen-bond donors (Lipinski definition) is 1. The van der Waals surface area contributed by atoms with Gasteiger partial charge in [-0.25, -0.2) is 0 Å². The molecule has 0 aromatic heterocycles. The van der Waals surface area contributed by atoms with E-state index in [0.29, 0.717) is 0 Å². The van der Waals surface area contributed by atoms with Crippen LogP contribution >= 0.6 is 24.8 Å². The molecular formula is C8H18Cl2N2. The zero-order valence-corrected chi connectivity index (χ0v) is 9.09. The fourth-order valence-electron chi connectivity index (χ4n) is 2.29. The molecule has 0 aromatic rings. The van der Waals surface area contributed by atoms with Crippen LogP contribution in [0.15, 0.2) is 0 Å². The fraction of sp³-hybridized carbons (Fsp3) is 1.00. The molecule has 3 rings (SSSR count). The first-order valence-electron chi connectivity index (χ1n) is 4.30. The standard InChI is InChI=1S/C8H16N2.2ClH/c1-9-8-6-10-4-2-7(8)3-5-10;;/h7-9H,2-6H2,1H3;2*1H/t8-;;/m0../s1. The van der Waals surface area contributed by atoms with Crippen LogP contribution in [0.25, 0.3) is 0 Å². The van der Waals surface area contributed by atoms with Crippen LogP contribution in [-0.4, -0.2) is 37.6 Å². The van der Waals surface area contributed by atoms with Crippen LogP contribution in [0.5, 0.6) is 0 Å². The molecule has 3 aliphatic rings. The second kappa shape index (κ2) is 5.28. The van der Waals surface area contributed by atoms with Crippen molar-refractivity contribution in [3.05, 3.63) is 0 Å². The molecule has 3 heterocycles. The van der Waals surface area contributed by atoms with E-state index >= 15 is 0 Å². The monoisotopic (exact) mass is 212 g/mol. The summed E-state index contributed by atoms with van der Waals surface area (Å²) in [5, 5.41) is 3.39. The summed E-state index contributed by atoms with van der Waals surface area (Å²) in [6.07, 6.45) is 2.84. The number of nitrogens with one attached hydrogen (secondary N) is 1. The molecular weight excluding hydrogens is 195 g/mol. The van der Waals surface area contributed by atoms with Gasteiger partial charge in [0.05, 0.1) is 0 Å². The number of fused-ring (bicyclic) bond motifs is 3. The Morgan fingerprint density at radius 3 is 2.00 bits per heavy atom. The molecule has 4 heteroatoms. The van der Waals surface area contributed by atoms with Crippen molar-refractivity contribution in [2.24, 2.45) is 5.92 Å². The average molecular weight is 213 g/mol. The van der Waals surface area contributed by atoms with Crippen molar-refractivity contribution in [1.29, 1.82) is 0 Å². The molecule has 3 fully saturated rings. The topological polar surface area (TPSA) is 15.3 Å². The summed E-state index contributed by atoms with van der Waals surface area (Å²) < 4.78 is 0. The first kappa shape index (κ1) is 12.5. The van der Waals surface area contributed by atoms with Crippen LogP contribution in [0, 0.1) is 5.92 Å². The van der Waals surface area contributed by atoms with Gasteiger partial charge in [0.1, 0.15) is 0 Å². The van der Waals surface area contributed by atoms with Crippen molar-refractivity contribution in [1.82, 2.24) is 10.2 Å². The lowest BCUT2D eigenvalue weighted by Crippen LogP contribution is -2.55. The summed E-state index contributed by atoms with van der Waals surface area (Å²) in [4.78, 5) is 2.57. The Morgan fingerprint density at radius 1 is 1.17 bits per heavy atom. The van der Waals surface area contributed by atoms with E-state index in [-0.39, 0.29) is 24.8 Å². The number of nitrogens with zero attached hydrogens (tertiary/aromatic N) is 1. The van der Waals surface area contributed by atoms with Gasteiger partial charge in [-0.3, -0.25) is 0 Å². The maximum Gasteiger partial charge on any atom is 0.0221 e. The van der Waals surface area contributed by atoms with Gasteiger partial charge in [-0.2, -0.15) is 0 Å². The Balaban J connectivity index is 0.000000605. The summed E-state index contributed by atoms with van der Waals surface area (Å²) in [5.41, 5.74) is 0. The molecule has 1 N–H and O–H groups in total. The van der Waals surface area contributed by atoms with Crippen molar-refractivity contribution in [3.63, 3.8) is 0 Å². The third-order valence-electron chi connectivity index (χ3n) is 3.03. The van der Waals surface area contributed by atoms with E-state index in [4.69, 9.17) is 0 Å². The molecule has 0 spiro atoms. The fourth-order valence-corrected chi connectivity index (χ4v) is 2.29. The minimum absolute atomic E-state index is 0. The molecule has 0 aliphatic carbocycles. The van der Waals surface area contributed by atoms with Crippen molar-refractivity contribution < 1.29 is 0 Å². The predicted molar refractivity (Wildman–Crippen MR) is 56.5 cm³/mol. The van der Waals surface area contributed by atoms with E-state index in [9.17, 15) is 0 Å². The van der Waals surface area contributed by atoms with Crippen molar-refractivity contribution in [2.75, 3.05) is 26.7 Å². The van der Waals surface area contributed by atoms with Gasteiger partial charge < -0.3 is 10.2 Å². The molecule has 0 amide bonds. The van der Waals surface area contributed by atoms with Gasteiger partial charge in [0.25, 0.3) is 0 Å². The second-order valence-corrected chi connectivity index (χ2v) is 3.53.